The highest BCUT2D eigenvalue weighted by Gasteiger charge is 2.19. The number of nitrogens with zero attached hydrogens (tertiary/aromatic N) is 4. The van der Waals surface area contributed by atoms with E-state index in [1.54, 1.807) is 36.5 Å². The molecule has 3 heterocycles. The first kappa shape index (κ1) is 29.2. The quantitative estimate of drug-likeness (QED) is 0.148. The highest BCUT2D eigenvalue weighted by atomic mass is 35.5. The summed E-state index contributed by atoms with van der Waals surface area (Å²) >= 11 is 6.54. The molecule has 0 spiro atoms. The van der Waals surface area contributed by atoms with Crippen LogP contribution < -0.4 is 20.1 Å². The van der Waals surface area contributed by atoms with E-state index >= 15 is 0 Å². The Morgan fingerprint density at radius 1 is 1.17 bits per heavy atom. The number of carbonyl (C=O) groups excluding carboxylic acids is 1. The Bertz CT molecular complexity index is 1550. The molecule has 0 aliphatic carbocycles. The molecule has 5 rings (SSSR count). The molecule has 0 radical (unpaired) electrons. The van der Waals surface area contributed by atoms with Crippen molar-refractivity contribution in [1.29, 1.82) is 0 Å². The molecule has 1 aliphatic heterocycles. The Kier molecular flexibility index (Phi) is 9.81. The van der Waals surface area contributed by atoms with Gasteiger partial charge in [0.05, 0.1) is 33.9 Å². The molecule has 218 valence electrons. The van der Waals surface area contributed by atoms with Gasteiger partial charge in [0.1, 0.15) is 24.5 Å². The smallest absolute Gasteiger partial charge is 0.248 e. The average Bonchev–Trinajstić information content (AvgIpc) is 3.41. The molecule has 2 aromatic heterocycles. The molecule has 3 N–H and O–H groups in total. The Morgan fingerprint density at radius 3 is 2.83 bits per heavy atom. The molecule has 4 aromatic rings. The van der Waals surface area contributed by atoms with Crippen molar-refractivity contribution in [2.75, 3.05) is 37.4 Å². The lowest BCUT2D eigenvalue weighted by molar-refractivity contribution is -0.112. The summed E-state index contributed by atoms with van der Waals surface area (Å²) in [6.45, 7) is 1.52. The Labute approximate surface area is 249 Å². The van der Waals surface area contributed by atoms with Crippen molar-refractivity contribution in [3.63, 3.8) is 0 Å². The molecule has 1 aliphatic rings. The van der Waals surface area contributed by atoms with Crippen molar-refractivity contribution >= 4 is 45.6 Å². The first-order valence-electron chi connectivity index (χ1n) is 13.8. The fourth-order valence-electron chi connectivity index (χ4n) is 4.72. The summed E-state index contributed by atoms with van der Waals surface area (Å²) in [6, 6.07) is 14.8. The molecular weight excluding hydrogens is 556 g/mol. The van der Waals surface area contributed by atoms with Gasteiger partial charge in [-0.25, -0.2) is 9.97 Å². The number of nitrogens with one attached hydrogen (secondary N) is 2. The number of aliphatic hydroxyl groups excluding tert-OH is 1. The summed E-state index contributed by atoms with van der Waals surface area (Å²) < 4.78 is 11.9. The van der Waals surface area contributed by atoms with E-state index in [9.17, 15) is 9.90 Å². The number of pyridine rings is 1. The van der Waals surface area contributed by atoms with Gasteiger partial charge in [-0.05, 0) is 68.9 Å². The zero-order valence-corrected chi connectivity index (χ0v) is 24.1. The average molecular weight is 589 g/mol. The van der Waals surface area contributed by atoms with Gasteiger partial charge in [0.25, 0.3) is 0 Å². The molecule has 2 aromatic carbocycles. The fraction of sp³-hybridized carbons (Fsp3) is 0.290. The van der Waals surface area contributed by atoms with Crippen LogP contribution in [-0.4, -0.2) is 63.7 Å². The summed E-state index contributed by atoms with van der Waals surface area (Å²) in [7, 11) is 2.06. The molecular formula is C31H33ClN6O4. The Hall–Kier alpha value is -4.25. The largest absolute Gasteiger partial charge is 0.490 e. The number of likely N-dealkylation sites (tertiary alicyclic amines) is 1. The van der Waals surface area contributed by atoms with Crippen LogP contribution in [-0.2, 0) is 11.4 Å². The van der Waals surface area contributed by atoms with E-state index < -0.39 is 0 Å². The summed E-state index contributed by atoms with van der Waals surface area (Å²) in [5.74, 6) is 1.14. The summed E-state index contributed by atoms with van der Waals surface area (Å²) in [6.07, 6.45) is 9.22. The Morgan fingerprint density at radius 2 is 2.07 bits per heavy atom. The number of amides is 1. The first-order chi connectivity index (χ1) is 20.5. The summed E-state index contributed by atoms with van der Waals surface area (Å²) in [5, 5.41) is 16.6. The van der Waals surface area contributed by atoms with Gasteiger partial charge in [-0.2, -0.15) is 0 Å². The molecule has 1 fully saturated rings. The number of hydrogen-bond donors (Lipinski definition) is 3. The minimum atomic E-state index is -0.263. The maximum absolute atomic E-state index is 12.9. The van der Waals surface area contributed by atoms with Crippen LogP contribution in [0.15, 0.2) is 73.2 Å². The standard InChI is InChI=1S/C31H33ClN6O4/c1-38-15-4-7-23(38)9-13-28(40)37-26-11-10-25-29(30(26)41-17-5-16-39)31(35-20-34-25)36-21-8-12-27(24(32)18-21)42-19-22-6-2-3-14-33-22/h2-3,6,8-14,18,20,23,39H,4-5,7,15-17,19H2,1H3,(H,37,40)(H,34,35,36)/b13-9+/t23-/m1/s1. The van der Waals surface area contributed by atoms with Crippen LogP contribution in [0.3, 0.4) is 0 Å². The molecule has 1 amide bonds. The van der Waals surface area contributed by atoms with Crippen LogP contribution in [0.5, 0.6) is 11.5 Å². The third-order valence-corrected chi connectivity index (χ3v) is 7.20. The number of anilines is 3. The maximum Gasteiger partial charge on any atom is 0.248 e. The number of hydrogen-bond acceptors (Lipinski definition) is 9. The number of fused-ring (bicyclic) bond motifs is 1. The van der Waals surface area contributed by atoms with Crippen molar-refractivity contribution in [3.8, 4) is 11.5 Å². The lowest BCUT2D eigenvalue weighted by atomic mass is 10.1. The third kappa shape index (κ3) is 7.33. The molecule has 1 atom stereocenters. The van der Waals surface area contributed by atoms with Gasteiger partial charge >= 0.3 is 0 Å². The number of rotatable bonds is 12. The number of aromatic nitrogens is 3. The fourth-order valence-corrected chi connectivity index (χ4v) is 4.96. The number of likely N-dealkylation sites (N-methyl/N-ethyl adjacent to an activating group) is 1. The third-order valence-electron chi connectivity index (χ3n) is 6.91. The number of halogens is 1. The van der Waals surface area contributed by atoms with Gasteiger partial charge in [-0.3, -0.25) is 14.7 Å². The lowest BCUT2D eigenvalue weighted by Gasteiger charge is -2.17. The van der Waals surface area contributed by atoms with E-state index in [-0.39, 0.29) is 25.2 Å². The van der Waals surface area contributed by atoms with E-state index in [0.29, 0.717) is 57.6 Å². The first-order valence-corrected chi connectivity index (χ1v) is 14.2. The topological polar surface area (TPSA) is 122 Å². The van der Waals surface area contributed by atoms with Gasteiger partial charge in [-0.15, -0.1) is 0 Å². The molecule has 11 heteroatoms. The van der Waals surface area contributed by atoms with Gasteiger partial charge in [0, 0.05) is 37.0 Å². The summed E-state index contributed by atoms with van der Waals surface area (Å²) in [4.78, 5) is 28.3. The number of aliphatic hydroxyl groups is 1. The van der Waals surface area contributed by atoms with E-state index in [2.05, 4.69) is 37.5 Å². The predicted octanol–water partition coefficient (Wildman–Crippen LogP) is 5.35. The van der Waals surface area contributed by atoms with Gasteiger partial charge in [-0.1, -0.05) is 23.7 Å². The van der Waals surface area contributed by atoms with E-state index in [1.807, 2.05) is 30.3 Å². The van der Waals surface area contributed by atoms with Crippen molar-refractivity contribution < 1.29 is 19.4 Å². The van der Waals surface area contributed by atoms with Crippen LogP contribution in [0.2, 0.25) is 5.02 Å². The molecule has 0 bridgehead atoms. The monoisotopic (exact) mass is 588 g/mol. The molecule has 10 nitrogen and oxygen atoms in total. The highest BCUT2D eigenvalue weighted by molar-refractivity contribution is 6.32. The van der Waals surface area contributed by atoms with Gasteiger partial charge in [0.15, 0.2) is 5.75 Å². The van der Waals surface area contributed by atoms with Crippen LogP contribution in [0, 0.1) is 0 Å². The Balaban J connectivity index is 1.39. The van der Waals surface area contributed by atoms with Crippen LogP contribution >= 0.6 is 11.6 Å². The zero-order chi connectivity index (χ0) is 29.3. The highest BCUT2D eigenvalue weighted by Crippen LogP contribution is 2.39. The van der Waals surface area contributed by atoms with Crippen molar-refractivity contribution in [2.24, 2.45) is 0 Å². The van der Waals surface area contributed by atoms with Crippen molar-refractivity contribution in [3.05, 3.63) is 83.9 Å². The molecule has 0 unspecified atom stereocenters. The van der Waals surface area contributed by atoms with E-state index in [1.165, 1.54) is 6.33 Å². The second-order valence-electron chi connectivity index (χ2n) is 9.90. The van der Waals surface area contributed by atoms with Crippen LogP contribution in [0.1, 0.15) is 25.0 Å². The van der Waals surface area contributed by atoms with Crippen LogP contribution in [0.4, 0.5) is 17.2 Å². The lowest BCUT2D eigenvalue weighted by Crippen LogP contribution is -2.23. The van der Waals surface area contributed by atoms with Crippen molar-refractivity contribution in [1.82, 2.24) is 19.9 Å². The molecule has 42 heavy (non-hydrogen) atoms. The van der Waals surface area contributed by atoms with Crippen LogP contribution in [0.25, 0.3) is 10.9 Å². The minimum absolute atomic E-state index is 0.0288. The molecule has 0 saturated carbocycles. The second-order valence-corrected chi connectivity index (χ2v) is 10.3. The predicted molar refractivity (Wildman–Crippen MR) is 163 cm³/mol. The van der Waals surface area contributed by atoms with Gasteiger partial charge < -0.3 is 25.2 Å². The number of carbonyl (C=O) groups is 1. The zero-order valence-electron chi connectivity index (χ0n) is 23.3. The van der Waals surface area contributed by atoms with E-state index in [4.69, 9.17) is 21.1 Å². The van der Waals surface area contributed by atoms with Crippen molar-refractivity contribution in [2.45, 2.75) is 31.9 Å². The number of ether oxygens (including phenoxy) is 2. The second kappa shape index (κ2) is 14.1. The molecule has 1 saturated heterocycles. The minimum Gasteiger partial charge on any atom is -0.490 e. The van der Waals surface area contributed by atoms with Gasteiger partial charge in [0.2, 0.25) is 5.91 Å². The maximum atomic E-state index is 12.9. The normalized spacial score (nSPS) is 15.3. The number of benzene rings is 2. The summed E-state index contributed by atoms with van der Waals surface area (Å²) in [5.41, 5.74) is 2.56. The SMILES string of the molecule is CN1CCC[C@@H]1/C=C/C(=O)Nc1ccc2ncnc(Nc3ccc(OCc4ccccn4)c(Cl)c3)c2c1OCCCO. The van der Waals surface area contributed by atoms with E-state index in [0.717, 1.165) is 25.1 Å².